The van der Waals surface area contributed by atoms with E-state index in [-0.39, 0.29) is 0 Å². The summed E-state index contributed by atoms with van der Waals surface area (Å²) in [6, 6.07) is 0. The van der Waals surface area contributed by atoms with Gasteiger partial charge in [-0.2, -0.15) is 0 Å². The number of hydrogen-bond acceptors (Lipinski definition) is 3. The minimum absolute atomic E-state index is 0.351. The van der Waals surface area contributed by atoms with Crippen molar-refractivity contribution in [2.45, 2.75) is 33.2 Å². The van der Waals surface area contributed by atoms with Crippen LogP contribution in [0.5, 0.6) is 0 Å². The van der Waals surface area contributed by atoms with E-state index in [1.165, 1.54) is 52.4 Å². The molecule has 0 N–H and O–H groups in total. The third kappa shape index (κ3) is 2.84. The first kappa shape index (κ1) is 13.8. The minimum Gasteiger partial charge on any atom is -0.303 e. The van der Waals surface area contributed by atoms with Gasteiger partial charge in [-0.05, 0) is 45.1 Å². The summed E-state index contributed by atoms with van der Waals surface area (Å²) in [5.41, 5.74) is 0.351. The molecule has 2 saturated heterocycles. The van der Waals surface area contributed by atoms with Crippen molar-refractivity contribution in [1.29, 1.82) is 0 Å². The topological polar surface area (TPSA) is 9.72 Å². The first-order valence-corrected chi connectivity index (χ1v) is 8.19. The van der Waals surface area contributed by atoms with Crippen LogP contribution in [0.15, 0.2) is 0 Å². The minimum atomic E-state index is 0.351. The number of fused-ring (bicyclic) bond motifs is 1. The largest absolute Gasteiger partial charge is 0.303 e. The van der Waals surface area contributed by atoms with Gasteiger partial charge in [0.25, 0.3) is 0 Å². The van der Waals surface area contributed by atoms with Gasteiger partial charge in [-0.1, -0.05) is 6.92 Å². The van der Waals surface area contributed by atoms with Gasteiger partial charge in [-0.3, -0.25) is 4.90 Å². The lowest BCUT2D eigenvalue weighted by Gasteiger charge is -2.42. The molecule has 3 fully saturated rings. The highest BCUT2D eigenvalue weighted by Gasteiger charge is 2.55. The van der Waals surface area contributed by atoms with Crippen LogP contribution in [0.2, 0.25) is 0 Å². The van der Waals surface area contributed by atoms with Crippen molar-refractivity contribution in [3.8, 4) is 0 Å². The Morgan fingerprint density at radius 2 is 1.47 bits per heavy atom. The van der Waals surface area contributed by atoms with Crippen LogP contribution in [-0.4, -0.2) is 72.6 Å². The molecule has 110 valence electrons. The first-order valence-electron chi connectivity index (χ1n) is 8.19. The van der Waals surface area contributed by atoms with E-state index in [1.54, 1.807) is 0 Å². The Morgan fingerprint density at radius 3 is 1.95 bits per heavy atom. The van der Waals surface area contributed by atoms with Gasteiger partial charge >= 0.3 is 0 Å². The smallest absolute Gasteiger partial charge is 0.0126 e. The van der Waals surface area contributed by atoms with Crippen molar-refractivity contribution in [2.75, 3.05) is 52.4 Å². The second-order valence-corrected chi connectivity index (χ2v) is 7.80. The predicted octanol–water partition coefficient (Wildman–Crippen LogP) is 1.60. The van der Waals surface area contributed by atoms with Crippen molar-refractivity contribution < 1.29 is 0 Å². The molecule has 0 aromatic heterocycles. The first-order chi connectivity index (χ1) is 8.99. The fraction of sp³-hybridized carbons (Fsp3) is 1.00. The molecule has 3 heteroatoms. The molecule has 0 aromatic rings. The maximum Gasteiger partial charge on any atom is 0.0126 e. The number of piperazine rings is 1. The van der Waals surface area contributed by atoms with Gasteiger partial charge in [0.2, 0.25) is 0 Å². The number of piperidine rings is 1. The lowest BCUT2D eigenvalue weighted by molar-refractivity contribution is 0.0580. The van der Waals surface area contributed by atoms with Gasteiger partial charge in [0, 0.05) is 51.4 Å². The number of rotatable bonds is 3. The molecule has 3 nitrogen and oxygen atoms in total. The fourth-order valence-corrected chi connectivity index (χ4v) is 4.17. The second-order valence-electron chi connectivity index (χ2n) is 7.80. The standard InChI is InChI=1S/C16H31N3/c1-5-17-10-13-14(11-17)15(13)12-18-6-8-19(9-7-18)16(2,3)4/h13-15H,5-12H2,1-4H3/t13-,14+,15+. The molecule has 0 spiro atoms. The molecule has 0 radical (unpaired) electrons. The van der Waals surface area contributed by atoms with Crippen molar-refractivity contribution in [1.82, 2.24) is 14.7 Å². The fourth-order valence-electron chi connectivity index (χ4n) is 4.17. The van der Waals surface area contributed by atoms with Crippen molar-refractivity contribution in [3.63, 3.8) is 0 Å². The van der Waals surface area contributed by atoms with E-state index >= 15 is 0 Å². The van der Waals surface area contributed by atoms with Crippen molar-refractivity contribution in [2.24, 2.45) is 17.8 Å². The van der Waals surface area contributed by atoms with Gasteiger partial charge in [0.05, 0.1) is 0 Å². The Hall–Kier alpha value is -0.120. The summed E-state index contributed by atoms with van der Waals surface area (Å²) in [5, 5.41) is 0. The molecule has 0 amide bonds. The van der Waals surface area contributed by atoms with Crippen LogP contribution in [0.1, 0.15) is 27.7 Å². The molecular formula is C16H31N3. The molecular weight excluding hydrogens is 234 g/mol. The van der Waals surface area contributed by atoms with E-state index in [0.29, 0.717) is 5.54 Å². The van der Waals surface area contributed by atoms with Crippen LogP contribution in [0, 0.1) is 17.8 Å². The van der Waals surface area contributed by atoms with E-state index in [2.05, 4.69) is 42.4 Å². The molecule has 2 aliphatic heterocycles. The molecule has 0 aromatic carbocycles. The highest BCUT2D eigenvalue weighted by molar-refractivity contribution is 5.06. The Kier molecular flexibility index (Phi) is 3.65. The third-order valence-corrected chi connectivity index (χ3v) is 5.68. The Labute approximate surface area is 118 Å². The molecule has 3 rings (SSSR count). The van der Waals surface area contributed by atoms with Crippen LogP contribution in [0.4, 0.5) is 0 Å². The second kappa shape index (κ2) is 5.01. The van der Waals surface area contributed by atoms with Crippen LogP contribution in [0.25, 0.3) is 0 Å². The van der Waals surface area contributed by atoms with E-state index < -0.39 is 0 Å². The lowest BCUT2D eigenvalue weighted by Crippen LogP contribution is -2.53. The van der Waals surface area contributed by atoms with Gasteiger partial charge in [-0.15, -0.1) is 0 Å². The summed E-state index contributed by atoms with van der Waals surface area (Å²) < 4.78 is 0. The summed E-state index contributed by atoms with van der Waals surface area (Å²) in [5.74, 6) is 3.12. The zero-order chi connectivity index (χ0) is 13.6. The Balaban J connectivity index is 1.40. The molecule has 1 saturated carbocycles. The molecule has 0 bridgehead atoms. The van der Waals surface area contributed by atoms with E-state index in [9.17, 15) is 0 Å². The van der Waals surface area contributed by atoms with Crippen LogP contribution < -0.4 is 0 Å². The molecule has 19 heavy (non-hydrogen) atoms. The maximum absolute atomic E-state index is 2.72. The summed E-state index contributed by atoms with van der Waals surface area (Å²) in [6.45, 7) is 19.8. The Bertz CT molecular complexity index is 302. The normalized spacial score (nSPS) is 37.6. The molecule has 2 heterocycles. The van der Waals surface area contributed by atoms with E-state index in [1.807, 2.05) is 0 Å². The summed E-state index contributed by atoms with van der Waals surface area (Å²) in [4.78, 5) is 7.99. The van der Waals surface area contributed by atoms with Crippen LogP contribution in [0.3, 0.4) is 0 Å². The summed E-state index contributed by atoms with van der Waals surface area (Å²) in [7, 11) is 0. The van der Waals surface area contributed by atoms with Crippen LogP contribution in [-0.2, 0) is 0 Å². The zero-order valence-electron chi connectivity index (χ0n) is 13.2. The quantitative estimate of drug-likeness (QED) is 0.767. The monoisotopic (exact) mass is 265 g/mol. The number of hydrogen-bond donors (Lipinski definition) is 0. The number of likely N-dealkylation sites (tertiary alicyclic amines) is 1. The zero-order valence-corrected chi connectivity index (χ0v) is 13.2. The van der Waals surface area contributed by atoms with E-state index in [4.69, 9.17) is 0 Å². The SMILES string of the molecule is CCN1C[C@@H]2[C@@H](CN3CCN(C(C)(C)C)CC3)[C@@H]2C1. The van der Waals surface area contributed by atoms with E-state index in [0.717, 1.165) is 17.8 Å². The highest BCUT2D eigenvalue weighted by atomic mass is 15.3. The van der Waals surface area contributed by atoms with Gasteiger partial charge < -0.3 is 9.80 Å². The number of nitrogens with zero attached hydrogens (tertiary/aromatic N) is 3. The summed E-state index contributed by atoms with van der Waals surface area (Å²) in [6.07, 6.45) is 0. The lowest BCUT2D eigenvalue weighted by atomic mass is 10.0. The van der Waals surface area contributed by atoms with Gasteiger partial charge in [-0.25, -0.2) is 0 Å². The average molecular weight is 265 g/mol. The van der Waals surface area contributed by atoms with Crippen molar-refractivity contribution in [3.05, 3.63) is 0 Å². The van der Waals surface area contributed by atoms with Crippen LogP contribution >= 0.6 is 0 Å². The maximum atomic E-state index is 2.72. The average Bonchev–Trinajstić information content (AvgIpc) is 2.84. The molecule has 1 aliphatic carbocycles. The predicted molar refractivity (Wildman–Crippen MR) is 80.4 cm³/mol. The molecule has 0 unspecified atom stereocenters. The molecule has 3 aliphatic rings. The third-order valence-electron chi connectivity index (χ3n) is 5.68. The Morgan fingerprint density at radius 1 is 0.895 bits per heavy atom. The summed E-state index contributed by atoms with van der Waals surface area (Å²) >= 11 is 0. The molecule has 3 atom stereocenters. The van der Waals surface area contributed by atoms with Gasteiger partial charge in [0.15, 0.2) is 0 Å². The highest BCUT2D eigenvalue weighted by Crippen LogP contribution is 2.51. The van der Waals surface area contributed by atoms with Crippen molar-refractivity contribution >= 4 is 0 Å². The van der Waals surface area contributed by atoms with Gasteiger partial charge in [0.1, 0.15) is 0 Å².